The van der Waals surface area contributed by atoms with E-state index >= 15 is 4.39 Å². The first-order valence-corrected chi connectivity index (χ1v) is 10.6. The van der Waals surface area contributed by atoms with Gasteiger partial charge in [0.2, 0.25) is 16.0 Å². The lowest BCUT2D eigenvalue weighted by atomic mass is 10.1. The van der Waals surface area contributed by atoms with E-state index in [2.05, 4.69) is 24.7 Å². The molecule has 0 unspecified atom stereocenters. The maximum absolute atomic E-state index is 15.2. The van der Waals surface area contributed by atoms with Crippen LogP contribution in [0, 0.1) is 5.82 Å². The molecule has 2 aromatic heterocycles. The monoisotopic (exact) mass is 422 g/mol. The summed E-state index contributed by atoms with van der Waals surface area (Å²) in [4.78, 5) is 15.8. The molecule has 0 bridgehead atoms. The van der Waals surface area contributed by atoms with Crippen molar-refractivity contribution in [2.45, 2.75) is 18.8 Å². The number of nitrogens with two attached hydrogens (primary N) is 1. The molecule has 4 rings (SSSR count). The van der Waals surface area contributed by atoms with Gasteiger partial charge in [-0.1, -0.05) is 11.6 Å². The van der Waals surface area contributed by atoms with Crippen molar-refractivity contribution in [3.8, 4) is 22.6 Å². The molecule has 1 aliphatic carbocycles. The molecule has 3 aromatic rings. The molecule has 2 heterocycles. The molecule has 28 heavy (non-hydrogen) atoms. The van der Waals surface area contributed by atoms with Crippen LogP contribution in [0.3, 0.4) is 0 Å². The topological polar surface area (TPSA) is 127 Å². The Labute approximate surface area is 165 Å². The Bertz CT molecular complexity index is 1180. The van der Waals surface area contributed by atoms with Gasteiger partial charge in [0.25, 0.3) is 0 Å². The zero-order chi connectivity index (χ0) is 20.1. The second kappa shape index (κ2) is 6.71. The third-order valence-electron chi connectivity index (χ3n) is 4.20. The van der Waals surface area contributed by atoms with E-state index in [1.165, 1.54) is 18.3 Å². The zero-order valence-corrected chi connectivity index (χ0v) is 16.3. The fourth-order valence-corrected chi connectivity index (χ4v) is 3.64. The van der Waals surface area contributed by atoms with Gasteiger partial charge < -0.3 is 10.7 Å². The molecule has 1 fully saturated rings. The summed E-state index contributed by atoms with van der Waals surface area (Å²) in [6, 6.07) is 4.23. The molecule has 0 atom stereocenters. The lowest BCUT2D eigenvalue weighted by molar-refractivity contribution is 0.604. The lowest BCUT2D eigenvalue weighted by Gasteiger charge is -2.10. The minimum atomic E-state index is -3.70. The predicted octanol–water partition coefficient (Wildman–Crippen LogP) is 3.16. The fourth-order valence-electron chi connectivity index (χ4n) is 2.87. The SMILES string of the molecule is CS(=O)(=O)Nc1cc(Cl)cc(-c2nc(C3CC3)[nH]c2-c2ccnc(N)n2)c1F. The van der Waals surface area contributed by atoms with Crippen LogP contribution in [-0.2, 0) is 10.0 Å². The van der Waals surface area contributed by atoms with E-state index in [-0.39, 0.29) is 33.8 Å². The number of nitrogens with one attached hydrogen (secondary N) is 2. The molecule has 4 N–H and O–H groups in total. The maximum atomic E-state index is 15.2. The van der Waals surface area contributed by atoms with Gasteiger partial charge in [-0.2, -0.15) is 0 Å². The second-order valence-corrected chi connectivity index (χ2v) is 8.79. The number of rotatable bonds is 5. The fraction of sp³-hybridized carbons (Fsp3) is 0.235. The van der Waals surface area contributed by atoms with Gasteiger partial charge in [-0.25, -0.2) is 27.8 Å². The highest BCUT2D eigenvalue weighted by molar-refractivity contribution is 7.92. The van der Waals surface area contributed by atoms with Gasteiger partial charge >= 0.3 is 0 Å². The summed E-state index contributed by atoms with van der Waals surface area (Å²) in [6.07, 6.45) is 4.39. The third kappa shape index (κ3) is 3.78. The van der Waals surface area contributed by atoms with Crippen molar-refractivity contribution in [1.29, 1.82) is 0 Å². The smallest absolute Gasteiger partial charge is 0.229 e. The van der Waals surface area contributed by atoms with Gasteiger partial charge in [0.05, 0.1) is 23.3 Å². The molecule has 0 amide bonds. The Balaban J connectivity index is 1.92. The average Bonchev–Trinajstić information content (AvgIpc) is 3.35. The first kappa shape index (κ1) is 18.6. The van der Waals surface area contributed by atoms with E-state index in [1.807, 2.05) is 0 Å². The average molecular weight is 423 g/mol. The van der Waals surface area contributed by atoms with Crippen LogP contribution in [0.25, 0.3) is 22.6 Å². The Hall–Kier alpha value is -2.72. The zero-order valence-electron chi connectivity index (χ0n) is 14.7. The van der Waals surface area contributed by atoms with Crippen molar-refractivity contribution in [1.82, 2.24) is 19.9 Å². The Morgan fingerprint density at radius 3 is 2.71 bits per heavy atom. The van der Waals surface area contributed by atoms with Gasteiger partial charge in [0.1, 0.15) is 11.5 Å². The van der Waals surface area contributed by atoms with Crippen molar-refractivity contribution < 1.29 is 12.8 Å². The first-order valence-electron chi connectivity index (χ1n) is 8.37. The van der Waals surface area contributed by atoms with Crippen LogP contribution in [0.4, 0.5) is 16.0 Å². The molecule has 11 heteroatoms. The van der Waals surface area contributed by atoms with Crippen molar-refractivity contribution >= 4 is 33.3 Å². The molecule has 0 saturated heterocycles. The number of sulfonamides is 1. The molecule has 0 radical (unpaired) electrons. The number of halogens is 2. The number of hydrogen-bond donors (Lipinski definition) is 3. The summed E-state index contributed by atoms with van der Waals surface area (Å²) in [5.41, 5.74) is 6.66. The number of benzene rings is 1. The van der Waals surface area contributed by atoms with Crippen LogP contribution < -0.4 is 10.5 Å². The van der Waals surface area contributed by atoms with E-state index < -0.39 is 15.8 Å². The number of nitrogen functional groups attached to an aromatic ring is 1. The largest absolute Gasteiger partial charge is 0.368 e. The Morgan fingerprint density at radius 2 is 2.07 bits per heavy atom. The lowest BCUT2D eigenvalue weighted by Crippen LogP contribution is -2.11. The number of H-pyrrole nitrogens is 1. The van der Waals surface area contributed by atoms with Crippen molar-refractivity contribution in [2.24, 2.45) is 0 Å². The van der Waals surface area contributed by atoms with Crippen LogP contribution >= 0.6 is 11.6 Å². The number of aromatic nitrogens is 4. The summed E-state index contributed by atoms with van der Waals surface area (Å²) >= 11 is 6.12. The van der Waals surface area contributed by atoms with Gasteiger partial charge in [-0.15, -0.1) is 0 Å². The van der Waals surface area contributed by atoms with Crippen LogP contribution in [0.1, 0.15) is 24.6 Å². The summed E-state index contributed by atoms with van der Waals surface area (Å²) in [5.74, 6) is 0.255. The number of imidazole rings is 1. The summed E-state index contributed by atoms with van der Waals surface area (Å²) < 4.78 is 40.4. The van der Waals surface area contributed by atoms with Crippen LogP contribution in [0.5, 0.6) is 0 Å². The van der Waals surface area contributed by atoms with E-state index in [0.29, 0.717) is 17.2 Å². The molecule has 0 aliphatic heterocycles. The maximum Gasteiger partial charge on any atom is 0.229 e. The highest BCUT2D eigenvalue weighted by Gasteiger charge is 2.30. The summed E-state index contributed by atoms with van der Waals surface area (Å²) in [6.45, 7) is 0. The molecular weight excluding hydrogens is 407 g/mol. The Morgan fingerprint density at radius 1 is 1.32 bits per heavy atom. The summed E-state index contributed by atoms with van der Waals surface area (Å²) in [7, 11) is -3.70. The van der Waals surface area contributed by atoms with Gasteiger partial charge in [-0.3, -0.25) is 4.72 Å². The van der Waals surface area contributed by atoms with E-state index in [0.717, 1.165) is 19.1 Å². The van der Waals surface area contributed by atoms with Crippen LogP contribution in [0.15, 0.2) is 24.4 Å². The number of anilines is 2. The van der Waals surface area contributed by atoms with E-state index in [9.17, 15) is 8.42 Å². The van der Waals surface area contributed by atoms with E-state index in [1.54, 1.807) is 6.07 Å². The van der Waals surface area contributed by atoms with Crippen molar-refractivity contribution in [2.75, 3.05) is 16.7 Å². The number of hydrogen-bond acceptors (Lipinski definition) is 6. The molecule has 1 aromatic carbocycles. The molecule has 0 spiro atoms. The predicted molar refractivity (Wildman–Crippen MR) is 105 cm³/mol. The van der Waals surface area contributed by atoms with Gasteiger partial charge in [0.15, 0.2) is 5.82 Å². The normalized spacial score (nSPS) is 14.2. The highest BCUT2D eigenvalue weighted by atomic mass is 35.5. The molecule has 8 nitrogen and oxygen atoms in total. The number of aromatic amines is 1. The minimum Gasteiger partial charge on any atom is -0.368 e. The van der Waals surface area contributed by atoms with Gasteiger partial charge in [0, 0.05) is 22.7 Å². The van der Waals surface area contributed by atoms with Crippen LogP contribution in [-0.4, -0.2) is 34.6 Å². The van der Waals surface area contributed by atoms with Crippen molar-refractivity contribution in [3.63, 3.8) is 0 Å². The van der Waals surface area contributed by atoms with Gasteiger partial charge in [-0.05, 0) is 31.0 Å². The Kier molecular flexibility index (Phi) is 4.47. The third-order valence-corrected chi connectivity index (χ3v) is 5.01. The van der Waals surface area contributed by atoms with E-state index in [4.69, 9.17) is 17.3 Å². The number of nitrogens with zero attached hydrogens (tertiary/aromatic N) is 3. The second-order valence-electron chi connectivity index (χ2n) is 6.61. The van der Waals surface area contributed by atoms with Crippen molar-refractivity contribution in [3.05, 3.63) is 41.1 Å². The molecular formula is C17H16ClFN6O2S. The highest BCUT2D eigenvalue weighted by Crippen LogP contribution is 2.42. The standard InChI is InChI=1S/C17H16ClFN6O2S/c1-28(26,27)25-12-7-9(18)6-10(13(12)19)14-15(11-4-5-21-17(20)22-11)24-16(23-14)8-2-3-8/h4-8,25H,2-3H2,1H3,(H,23,24)(H2,20,21,22). The minimum absolute atomic E-state index is 0.0500. The first-order chi connectivity index (χ1) is 13.2. The molecule has 1 saturated carbocycles. The quantitative estimate of drug-likeness (QED) is 0.579. The summed E-state index contributed by atoms with van der Waals surface area (Å²) in [5, 5.41) is 0.159. The molecule has 1 aliphatic rings. The van der Waals surface area contributed by atoms with Crippen LogP contribution in [0.2, 0.25) is 5.02 Å². The molecule has 146 valence electrons.